The van der Waals surface area contributed by atoms with Crippen LogP contribution in [0.25, 0.3) is 11.0 Å². The Morgan fingerprint density at radius 2 is 1.91 bits per heavy atom. The summed E-state index contributed by atoms with van der Waals surface area (Å²) in [5, 5.41) is 3.00. The first kappa shape index (κ1) is 22.0. The summed E-state index contributed by atoms with van der Waals surface area (Å²) in [6, 6.07) is 15.6. The Bertz CT molecular complexity index is 1040. The van der Waals surface area contributed by atoms with Crippen LogP contribution in [0.2, 0.25) is 0 Å². The van der Waals surface area contributed by atoms with Gasteiger partial charge in [0.05, 0.1) is 18.1 Å². The molecule has 3 aromatic rings. The predicted molar refractivity (Wildman–Crippen MR) is 123 cm³/mol. The SMILES string of the molecule is COc1ccc2nccc(C[C@H](N)C3CCC(NC(=O)OCc4ccccc4)CC3)c2n1. The minimum Gasteiger partial charge on any atom is -0.481 e. The third kappa shape index (κ3) is 5.53. The number of nitrogens with zero attached hydrogens (tertiary/aromatic N) is 2. The van der Waals surface area contributed by atoms with Gasteiger partial charge in [-0.25, -0.2) is 9.78 Å². The molecular formula is C25H30N4O3. The molecule has 7 heteroatoms. The molecule has 1 fully saturated rings. The highest BCUT2D eigenvalue weighted by Gasteiger charge is 2.27. The second-order valence-corrected chi connectivity index (χ2v) is 8.38. The molecule has 0 saturated heterocycles. The Labute approximate surface area is 188 Å². The van der Waals surface area contributed by atoms with E-state index in [-0.39, 0.29) is 24.8 Å². The van der Waals surface area contributed by atoms with Gasteiger partial charge in [-0.2, -0.15) is 0 Å². The number of hydrogen-bond donors (Lipinski definition) is 2. The quantitative estimate of drug-likeness (QED) is 0.583. The molecule has 32 heavy (non-hydrogen) atoms. The van der Waals surface area contributed by atoms with E-state index in [0.717, 1.165) is 54.3 Å². The second kappa shape index (κ2) is 10.4. The summed E-state index contributed by atoms with van der Waals surface area (Å²) in [4.78, 5) is 21.1. The van der Waals surface area contributed by atoms with Gasteiger partial charge in [-0.3, -0.25) is 4.98 Å². The van der Waals surface area contributed by atoms with Crippen LogP contribution in [0.5, 0.6) is 5.88 Å². The fourth-order valence-corrected chi connectivity index (χ4v) is 4.38. The summed E-state index contributed by atoms with van der Waals surface area (Å²) in [5.74, 6) is 0.980. The van der Waals surface area contributed by atoms with Crippen molar-refractivity contribution in [2.45, 2.75) is 50.8 Å². The number of hydrogen-bond acceptors (Lipinski definition) is 6. The third-order valence-corrected chi connectivity index (χ3v) is 6.22. The van der Waals surface area contributed by atoms with Gasteiger partial charge in [0, 0.05) is 24.3 Å². The lowest BCUT2D eigenvalue weighted by molar-refractivity contribution is 0.130. The Hall–Kier alpha value is -3.19. The molecule has 7 nitrogen and oxygen atoms in total. The molecule has 0 aliphatic heterocycles. The van der Waals surface area contributed by atoms with Gasteiger partial charge in [-0.1, -0.05) is 30.3 Å². The van der Waals surface area contributed by atoms with Crippen LogP contribution in [0.4, 0.5) is 4.79 Å². The van der Waals surface area contributed by atoms with Gasteiger partial charge in [-0.05, 0) is 61.3 Å². The van der Waals surface area contributed by atoms with Crippen molar-refractivity contribution in [1.82, 2.24) is 15.3 Å². The summed E-state index contributed by atoms with van der Waals surface area (Å²) in [7, 11) is 1.61. The molecule has 168 valence electrons. The van der Waals surface area contributed by atoms with Crippen LogP contribution in [0.15, 0.2) is 54.7 Å². The molecule has 1 aromatic carbocycles. The minimum absolute atomic E-state index is 0.0274. The van der Waals surface area contributed by atoms with Crippen molar-refractivity contribution in [3.8, 4) is 5.88 Å². The molecule has 4 rings (SSSR count). The standard InChI is InChI=1S/C25H30N4O3/c1-31-23-12-11-22-24(29-23)19(13-14-27-22)15-21(26)18-7-9-20(10-8-18)28-25(30)32-16-17-5-3-2-4-6-17/h2-6,11-14,18,20-21H,7-10,15-16,26H2,1H3,(H,28,30)/t18?,20?,21-/m0/s1. The first-order chi connectivity index (χ1) is 15.6. The number of carbonyl (C=O) groups is 1. The first-order valence-electron chi connectivity index (χ1n) is 11.1. The Morgan fingerprint density at radius 3 is 2.66 bits per heavy atom. The number of benzene rings is 1. The maximum absolute atomic E-state index is 12.1. The summed E-state index contributed by atoms with van der Waals surface area (Å²) < 4.78 is 10.6. The van der Waals surface area contributed by atoms with Crippen molar-refractivity contribution in [3.63, 3.8) is 0 Å². The number of alkyl carbamates (subject to hydrolysis) is 1. The molecule has 1 aliphatic rings. The molecule has 1 saturated carbocycles. The van der Waals surface area contributed by atoms with Crippen molar-refractivity contribution >= 4 is 17.1 Å². The van der Waals surface area contributed by atoms with Gasteiger partial charge >= 0.3 is 6.09 Å². The van der Waals surface area contributed by atoms with E-state index in [0.29, 0.717) is 11.8 Å². The number of carbonyl (C=O) groups excluding carboxylic acids is 1. The van der Waals surface area contributed by atoms with Crippen molar-refractivity contribution in [1.29, 1.82) is 0 Å². The molecule has 1 amide bonds. The topological polar surface area (TPSA) is 99.4 Å². The molecule has 1 atom stereocenters. The smallest absolute Gasteiger partial charge is 0.407 e. The number of fused-ring (bicyclic) bond motifs is 1. The second-order valence-electron chi connectivity index (χ2n) is 8.38. The van der Waals surface area contributed by atoms with Crippen LogP contribution in [0.1, 0.15) is 36.8 Å². The summed E-state index contributed by atoms with van der Waals surface area (Å²) in [5.41, 5.74) is 10.4. The maximum atomic E-state index is 12.1. The number of rotatable bonds is 7. The third-order valence-electron chi connectivity index (χ3n) is 6.22. The van der Waals surface area contributed by atoms with E-state index in [4.69, 9.17) is 15.2 Å². The van der Waals surface area contributed by atoms with Crippen LogP contribution in [0.3, 0.4) is 0 Å². The van der Waals surface area contributed by atoms with Gasteiger partial charge in [0.2, 0.25) is 5.88 Å². The zero-order valence-electron chi connectivity index (χ0n) is 18.4. The number of methoxy groups -OCH3 is 1. The summed E-state index contributed by atoms with van der Waals surface area (Å²) in [6.45, 7) is 0.283. The largest absolute Gasteiger partial charge is 0.481 e. The van der Waals surface area contributed by atoms with Crippen LogP contribution in [-0.4, -0.2) is 35.3 Å². The monoisotopic (exact) mass is 434 g/mol. The van der Waals surface area contributed by atoms with Gasteiger partial charge in [0.15, 0.2) is 0 Å². The average molecular weight is 435 g/mol. The number of amides is 1. The minimum atomic E-state index is -0.357. The Morgan fingerprint density at radius 1 is 1.12 bits per heavy atom. The normalized spacial score (nSPS) is 19.3. The molecule has 2 heterocycles. The van der Waals surface area contributed by atoms with E-state index in [1.165, 1.54) is 0 Å². The molecule has 0 radical (unpaired) electrons. The van der Waals surface area contributed by atoms with E-state index in [9.17, 15) is 4.79 Å². The summed E-state index contributed by atoms with van der Waals surface area (Å²) >= 11 is 0. The van der Waals surface area contributed by atoms with Gasteiger partial charge in [-0.15, -0.1) is 0 Å². The number of nitrogens with one attached hydrogen (secondary N) is 1. The van der Waals surface area contributed by atoms with Gasteiger partial charge in [0.1, 0.15) is 6.61 Å². The maximum Gasteiger partial charge on any atom is 0.407 e. The molecule has 0 spiro atoms. The average Bonchev–Trinajstić information content (AvgIpc) is 2.84. The van der Waals surface area contributed by atoms with Gasteiger partial charge in [0.25, 0.3) is 0 Å². The number of aromatic nitrogens is 2. The van der Waals surface area contributed by atoms with E-state index >= 15 is 0 Å². The van der Waals surface area contributed by atoms with Crippen molar-refractivity contribution in [2.24, 2.45) is 11.7 Å². The van der Waals surface area contributed by atoms with Crippen LogP contribution in [-0.2, 0) is 17.8 Å². The fourth-order valence-electron chi connectivity index (χ4n) is 4.38. The lowest BCUT2D eigenvalue weighted by atomic mass is 9.80. The number of nitrogens with two attached hydrogens (primary N) is 1. The highest BCUT2D eigenvalue weighted by molar-refractivity contribution is 5.78. The number of pyridine rings is 2. The first-order valence-corrected chi connectivity index (χ1v) is 11.1. The lowest BCUT2D eigenvalue weighted by Crippen LogP contribution is -2.42. The highest BCUT2D eigenvalue weighted by atomic mass is 16.5. The van der Waals surface area contributed by atoms with Crippen LogP contribution >= 0.6 is 0 Å². The van der Waals surface area contributed by atoms with Gasteiger partial charge < -0.3 is 20.5 Å². The number of ether oxygens (including phenoxy) is 2. The predicted octanol–water partition coefficient (Wildman–Crippen LogP) is 3.99. The van der Waals surface area contributed by atoms with E-state index < -0.39 is 0 Å². The Balaban J connectivity index is 1.27. The lowest BCUT2D eigenvalue weighted by Gasteiger charge is -2.32. The van der Waals surface area contributed by atoms with Crippen LogP contribution in [0, 0.1) is 5.92 Å². The van der Waals surface area contributed by atoms with E-state index in [2.05, 4.69) is 15.3 Å². The molecule has 3 N–H and O–H groups in total. The van der Waals surface area contributed by atoms with Crippen molar-refractivity contribution in [3.05, 3.63) is 65.9 Å². The molecule has 0 bridgehead atoms. The van der Waals surface area contributed by atoms with E-state index in [1.807, 2.05) is 48.5 Å². The van der Waals surface area contributed by atoms with Crippen molar-refractivity contribution < 1.29 is 14.3 Å². The molecule has 0 unspecified atom stereocenters. The zero-order chi connectivity index (χ0) is 22.3. The zero-order valence-corrected chi connectivity index (χ0v) is 18.4. The van der Waals surface area contributed by atoms with E-state index in [1.54, 1.807) is 13.3 Å². The highest BCUT2D eigenvalue weighted by Crippen LogP contribution is 2.29. The Kier molecular flexibility index (Phi) is 7.17. The van der Waals surface area contributed by atoms with Crippen molar-refractivity contribution in [2.75, 3.05) is 7.11 Å². The molecule has 2 aromatic heterocycles. The van der Waals surface area contributed by atoms with Crippen LogP contribution < -0.4 is 15.8 Å². The molecule has 1 aliphatic carbocycles. The molecular weight excluding hydrogens is 404 g/mol. The fraction of sp³-hybridized carbons (Fsp3) is 0.400. The summed E-state index contributed by atoms with van der Waals surface area (Å²) in [6.07, 6.45) is 5.95.